The van der Waals surface area contributed by atoms with E-state index in [9.17, 15) is 0 Å². The molecule has 0 fully saturated rings. The number of nitrogens with zero attached hydrogens (tertiary/aromatic N) is 1. The van der Waals surface area contributed by atoms with E-state index in [1.807, 2.05) is 48.5 Å². The molecule has 2 aromatic rings. The summed E-state index contributed by atoms with van der Waals surface area (Å²) in [6.07, 6.45) is 0.807. The predicted molar refractivity (Wildman–Crippen MR) is 87.8 cm³/mol. The Morgan fingerprint density at radius 2 is 1.62 bits per heavy atom. The van der Waals surface area contributed by atoms with Crippen molar-refractivity contribution < 1.29 is 0 Å². The van der Waals surface area contributed by atoms with Crippen molar-refractivity contribution in [1.29, 1.82) is 0 Å². The van der Waals surface area contributed by atoms with Crippen LogP contribution in [0, 0.1) is 0 Å². The summed E-state index contributed by atoms with van der Waals surface area (Å²) in [4.78, 5) is 4.48. The Hall–Kier alpha value is -1.71. The Balaban J connectivity index is 1.89. The average Bonchev–Trinajstić information content (AvgIpc) is 2.46. The third kappa shape index (κ3) is 3.31. The van der Waals surface area contributed by atoms with Gasteiger partial charge in [-0.2, -0.15) is 0 Å². The molecule has 108 valence electrons. The Morgan fingerprint density at radius 1 is 1.00 bits per heavy atom. The Kier molecular flexibility index (Phi) is 4.04. The lowest BCUT2D eigenvalue weighted by atomic mass is 9.94. The second-order valence-corrected chi connectivity index (χ2v) is 5.95. The molecule has 2 aromatic carbocycles. The molecule has 3 N–H and O–H groups in total. The fourth-order valence-electron chi connectivity index (χ4n) is 2.59. The Labute approximate surface area is 133 Å². The van der Waals surface area contributed by atoms with Crippen LogP contribution < -0.4 is 11.1 Å². The zero-order valence-corrected chi connectivity index (χ0v) is 12.8. The number of rotatable bonds is 2. The van der Waals surface area contributed by atoms with Gasteiger partial charge >= 0.3 is 0 Å². The molecule has 3 rings (SSSR count). The highest BCUT2D eigenvalue weighted by Crippen LogP contribution is 2.33. The topological polar surface area (TPSA) is 50.4 Å². The van der Waals surface area contributed by atoms with Crippen LogP contribution in [0.4, 0.5) is 0 Å². The molecule has 1 aliphatic rings. The van der Waals surface area contributed by atoms with E-state index < -0.39 is 0 Å². The fourth-order valence-corrected chi connectivity index (χ4v) is 2.98. The molecule has 0 aliphatic carbocycles. The van der Waals surface area contributed by atoms with Crippen molar-refractivity contribution in [2.45, 2.75) is 18.5 Å². The van der Waals surface area contributed by atoms with Crippen LogP contribution in [-0.2, 0) is 0 Å². The van der Waals surface area contributed by atoms with Gasteiger partial charge in [-0.15, -0.1) is 0 Å². The molecule has 0 amide bonds. The molecule has 0 aromatic heterocycles. The molecule has 3 nitrogen and oxygen atoms in total. The second kappa shape index (κ2) is 5.96. The van der Waals surface area contributed by atoms with E-state index in [0.717, 1.165) is 22.6 Å². The molecule has 0 radical (unpaired) electrons. The summed E-state index contributed by atoms with van der Waals surface area (Å²) in [6, 6.07) is 15.6. The van der Waals surface area contributed by atoms with Crippen molar-refractivity contribution in [3.63, 3.8) is 0 Å². The summed E-state index contributed by atoms with van der Waals surface area (Å²) in [6.45, 7) is 0. The zero-order valence-electron chi connectivity index (χ0n) is 11.3. The van der Waals surface area contributed by atoms with Gasteiger partial charge in [0.2, 0.25) is 0 Å². The molecule has 0 spiro atoms. The van der Waals surface area contributed by atoms with Crippen LogP contribution in [0.25, 0.3) is 0 Å². The normalized spacial score (nSPS) is 21.5. The van der Waals surface area contributed by atoms with Gasteiger partial charge in [-0.05, 0) is 41.8 Å². The molecule has 0 saturated carbocycles. The average molecular weight is 320 g/mol. The number of hydrogen-bond acceptors (Lipinski definition) is 3. The third-order valence-electron chi connectivity index (χ3n) is 3.56. The summed E-state index contributed by atoms with van der Waals surface area (Å²) in [7, 11) is 0. The zero-order chi connectivity index (χ0) is 14.8. The quantitative estimate of drug-likeness (QED) is 0.876. The van der Waals surface area contributed by atoms with Crippen molar-refractivity contribution in [2.24, 2.45) is 10.7 Å². The van der Waals surface area contributed by atoms with Crippen LogP contribution in [0.1, 0.15) is 29.6 Å². The summed E-state index contributed by atoms with van der Waals surface area (Å²) in [5.74, 6) is 0.441. The SMILES string of the molecule is NC1=NC(c2cccc(Cl)c2)CC(c2cccc(Cl)c2)N1. The van der Waals surface area contributed by atoms with Gasteiger partial charge in [-0.1, -0.05) is 47.5 Å². The molecule has 2 unspecified atom stereocenters. The lowest BCUT2D eigenvalue weighted by molar-refractivity contribution is 0.487. The number of benzene rings is 2. The number of guanidine groups is 1. The standard InChI is InChI=1S/C16H15Cl2N3/c17-12-5-1-3-10(7-12)14-9-15(21-16(19)20-14)11-4-2-6-13(18)8-11/h1-8,14-15H,9H2,(H3,19,20,21). The lowest BCUT2D eigenvalue weighted by Crippen LogP contribution is -2.39. The molecule has 1 aliphatic heterocycles. The van der Waals surface area contributed by atoms with Gasteiger partial charge in [0, 0.05) is 10.0 Å². The summed E-state index contributed by atoms with van der Waals surface area (Å²) < 4.78 is 0. The van der Waals surface area contributed by atoms with E-state index in [2.05, 4.69) is 10.3 Å². The lowest BCUT2D eigenvalue weighted by Gasteiger charge is -2.29. The maximum Gasteiger partial charge on any atom is 0.189 e. The van der Waals surface area contributed by atoms with E-state index in [-0.39, 0.29) is 12.1 Å². The van der Waals surface area contributed by atoms with Crippen LogP contribution in [0.2, 0.25) is 10.0 Å². The number of hydrogen-bond donors (Lipinski definition) is 2. The van der Waals surface area contributed by atoms with Crippen molar-refractivity contribution in [2.75, 3.05) is 0 Å². The third-order valence-corrected chi connectivity index (χ3v) is 4.03. The van der Waals surface area contributed by atoms with Gasteiger partial charge in [0.1, 0.15) is 0 Å². The number of nitrogens with two attached hydrogens (primary N) is 1. The van der Waals surface area contributed by atoms with Crippen LogP contribution >= 0.6 is 23.2 Å². The maximum atomic E-state index is 6.07. The first kappa shape index (κ1) is 14.2. The van der Waals surface area contributed by atoms with E-state index in [1.165, 1.54) is 0 Å². The minimum atomic E-state index is -0.00562. The van der Waals surface area contributed by atoms with E-state index in [0.29, 0.717) is 11.0 Å². The van der Waals surface area contributed by atoms with Gasteiger partial charge in [0.05, 0.1) is 12.1 Å². The van der Waals surface area contributed by atoms with Crippen LogP contribution in [0.5, 0.6) is 0 Å². The highest BCUT2D eigenvalue weighted by molar-refractivity contribution is 6.30. The first-order valence-corrected chi connectivity index (χ1v) is 7.48. The second-order valence-electron chi connectivity index (χ2n) is 5.07. The highest BCUT2D eigenvalue weighted by Gasteiger charge is 2.24. The highest BCUT2D eigenvalue weighted by atomic mass is 35.5. The largest absolute Gasteiger partial charge is 0.370 e. The minimum Gasteiger partial charge on any atom is -0.370 e. The first-order valence-electron chi connectivity index (χ1n) is 6.72. The van der Waals surface area contributed by atoms with Crippen molar-refractivity contribution >= 4 is 29.2 Å². The van der Waals surface area contributed by atoms with Crippen molar-refractivity contribution in [1.82, 2.24) is 5.32 Å². The van der Waals surface area contributed by atoms with Crippen molar-refractivity contribution in [3.05, 3.63) is 69.7 Å². The molecule has 21 heavy (non-hydrogen) atoms. The molecule has 0 saturated heterocycles. The fraction of sp³-hybridized carbons (Fsp3) is 0.188. The van der Waals surface area contributed by atoms with Gasteiger partial charge in [-0.3, -0.25) is 0 Å². The van der Waals surface area contributed by atoms with Gasteiger partial charge in [0.15, 0.2) is 5.96 Å². The molecule has 0 bridgehead atoms. The Morgan fingerprint density at radius 3 is 2.29 bits per heavy atom. The number of halogens is 2. The maximum absolute atomic E-state index is 6.07. The van der Waals surface area contributed by atoms with E-state index in [4.69, 9.17) is 28.9 Å². The minimum absolute atomic E-state index is 0.00562. The monoisotopic (exact) mass is 319 g/mol. The summed E-state index contributed by atoms with van der Waals surface area (Å²) in [5.41, 5.74) is 8.11. The Bertz CT molecular complexity index is 685. The molecule has 2 atom stereocenters. The van der Waals surface area contributed by atoms with Gasteiger partial charge in [0.25, 0.3) is 0 Å². The molecular formula is C16H15Cl2N3. The van der Waals surface area contributed by atoms with E-state index in [1.54, 1.807) is 0 Å². The van der Waals surface area contributed by atoms with E-state index >= 15 is 0 Å². The van der Waals surface area contributed by atoms with Crippen LogP contribution in [0.15, 0.2) is 53.5 Å². The summed E-state index contributed by atoms with van der Waals surface area (Å²) in [5, 5.41) is 4.64. The molecule has 1 heterocycles. The number of nitrogens with one attached hydrogen (secondary N) is 1. The van der Waals surface area contributed by atoms with Crippen LogP contribution in [-0.4, -0.2) is 5.96 Å². The number of aliphatic imine (C=N–C) groups is 1. The van der Waals surface area contributed by atoms with Gasteiger partial charge in [-0.25, -0.2) is 4.99 Å². The smallest absolute Gasteiger partial charge is 0.189 e. The molecule has 5 heteroatoms. The van der Waals surface area contributed by atoms with Crippen molar-refractivity contribution in [3.8, 4) is 0 Å². The van der Waals surface area contributed by atoms with Gasteiger partial charge < -0.3 is 11.1 Å². The molecular weight excluding hydrogens is 305 g/mol. The van der Waals surface area contributed by atoms with Crippen LogP contribution in [0.3, 0.4) is 0 Å². The summed E-state index contributed by atoms with van der Waals surface area (Å²) >= 11 is 12.1. The predicted octanol–water partition coefficient (Wildman–Crippen LogP) is 4.08. The first-order chi connectivity index (χ1) is 10.1.